The van der Waals surface area contributed by atoms with E-state index in [9.17, 15) is 9.90 Å². The summed E-state index contributed by atoms with van der Waals surface area (Å²) in [5.41, 5.74) is 9.25. The second-order valence-corrected chi connectivity index (χ2v) is 7.54. The zero-order valence-corrected chi connectivity index (χ0v) is 17.1. The summed E-state index contributed by atoms with van der Waals surface area (Å²) in [5.74, 6) is 0.0993. The summed E-state index contributed by atoms with van der Waals surface area (Å²) in [7, 11) is 0. The first kappa shape index (κ1) is 19.6. The number of aromatic nitrogens is 4. The maximum Gasteiger partial charge on any atom is 0.335 e. The molecule has 5 rings (SSSR count). The average molecular weight is 431 g/mol. The van der Waals surface area contributed by atoms with Gasteiger partial charge in [-0.15, -0.1) is 0 Å². The minimum absolute atomic E-state index is 0.208. The van der Waals surface area contributed by atoms with Crippen LogP contribution in [0.4, 0.5) is 17.5 Å². The molecule has 10 heteroatoms. The van der Waals surface area contributed by atoms with E-state index < -0.39 is 5.97 Å². The normalized spacial score (nSPS) is 14.1. The number of rotatable bonds is 4. The van der Waals surface area contributed by atoms with E-state index in [1.807, 2.05) is 12.1 Å². The van der Waals surface area contributed by atoms with E-state index in [2.05, 4.69) is 19.8 Å². The van der Waals surface area contributed by atoms with Gasteiger partial charge in [0.1, 0.15) is 12.1 Å². The quantitative estimate of drug-likeness (QED) is 0.444. The number of carboxylic acid groups (broad SMARTS) is 1. The second-order valence-electron chi connectivity index (χ2n) is 7.54. The molecule has 162 valence electrons. The number of nitrogens with two attached hydrogens (primary N) is 1. The molecule has 10 nitrogen and oxygen atoms in total. The number of carbonyl (C=O) groups is 1. The number of nitrogens with zero attached hydrogens (tertiary/aromatic N) is 6. The second kappa shape index (κ2) is 7.73. The third-order valence-corrected chi connectivity index (χ3v) is 5.58. The smallest absolute Gasteiger partial charge is 0.335 e. The Kier molecular flexibility index (Phi) is 4.74. The maximum atomic E-state index is 11.1. The molecule has 2 aromatic carbocycles. The lowest BCUT2D eigenvalue weighted by molar-refractivity contribution is 0.0697. The molecule has 1 fully saturated rings. The number of aromatic carboxylic acids is 1. The zero-order chi connectivity index (χ0) is 22.2. The number of hydrogen-bond acceptors (Lipinski definition) is 8. The Balaban J connectivity index is 1.41. The number of fused-ring (bicyclic) bond motifs is 1. The predicted octanol–water partition coefficient (Wildman–Crippen LogP) is 2.13. The molecule has 0 aliphatic carbocycles. The molecule has 1 saturated heterocycles. The van der Waals surface area contributed by atoms with Gasteiger partial charge in [0, 0.05) is 37.6 Å². The van der Waals surface area contributed by atoms with Crippen LogP contribution in [0, 0.1) is 0 Å². The fourth-order valence-corrected chi connectivity index (χ4v) is 3.83. The van der Waals surface area contributed by atoms with Gasteiger partial charge in [-0.1, -0.05) is 0 Å². The number of aromatic hydroxyl groups is 1. The molecule has 0 spiro atoms. The molecule has 32 heavy (non-hydrogen) atoms. The molecule has 0 amide bonds. The Morgan fingerprint density at radius 2 is 1.50 bits per heavy atom. The van der Waals surface area contributed by atoms with Crippen LogP contribution in [0.15, 0.2) is 54.9 Å². The van der Waals surface area contributed by atoms with Crippen molar-refractivity contribution >= 4 is 34.6 Å². The van der Waals surface area contributed by atoms with Crippen LogP contribution in [0.25, 0.3) is 16.9 Å². The highest BCUT2D eigenvalue weighted by molar-refractivity contribution is 5.88. The van der Waals surface area contributed by atoms with Crippen LogP contribution >= 0.6 is 0 Å². The summed E-state index contributed by atoms with van der Waals surface area (Å²) in [6.07, 6.45) is 1.61. The molecule has 0 radical (unpaired) electrons. The summed E-state index contributed by atoms with van der Waals surface area (Å²) in [5, 5.41) is 18.6. The van der Waals surface area contributed by atoms with Crippen molar-refractivity contribution in [2.45, 2.75) is 0 Å². The summed E-state index contributed by atoms with van der Waals surface area (Å²) >= 11 is 0. The molecular formula is C22H21N7O3. The van der Waals surface area contributed by atoms with E-state index in [4.69, 9.17) is 15.8 Å². The summed E-state index contributed by atoms with van der Waals surface area (Å²) < 4.78 is 1.77. The Hall–Kier alpha value is -4.34. The van der Waals surface area contributed by atoms with Gasteiger partial charge in [-0.2, -0.15) is 9.97 Å². The van der Waals surface area contributed by atoms with Crippen LogP contribution in [0.1, 0.15) is 10.4 Å². The zero-order valence-electron chi connectivity index (χ0n) is 17.1. The van der Waals surface area contributed by atoms with Gasteiger partial charge in [-0.05, 0) is 48.5 Å². The molecule has 0 bridgehead atoms. The van der Waals surface area contributed by atoms with Crippen molar-refractivity contribution in [2.24, 2.45) is 0 Å². The average Bonchev–Trinajstić information content (AvgIpc) is 3.24. The monoisotopic (exact) mass is 431 g/mol. The molecule has 1 aliphatic rings. The summed E-state index contributed by atoms with van der Waals surface area (Å²) in [6, 6.07) is 13.7. The SMILES string of the molecule is Nc1nc(N2CCN(c3ccc(O)cc3)CC2)nc2c1ncn2-c1ccc(C(=O)O)cc1. The summed E-state index contributed by atoms with van der Waals surface area (Å²) in [6.45, 7) is 2.99. The van der Waals surface area contributed by atoms with Gasteiger partial charge in [0.15, 0.2) is 17.0 Å². The molecular weight excluding hydrogens is 410 g/mol. The lowest BCUT2D eigenvalue weighted by Gasteiger charge is -2.36. The van der Waals surface area contributed by atoms with E-state index in [-0.39, 0.29) is 11.3 Å². The lowest BCUT2D eigenvalue weighted by atomic mass is 10.2. The Bertz CT molecular complexity index is 1280. The number of hydrogen-bond donors (Lipinski definition) is 3. The first-order valence-electron chi connectivity index (χ1n) is 10.1. The van der Waals surface area contributed by atoms with Crippen molar-refractivity contribution in [3.05, 3.63) is 60.4 Å². The number of nitrogen functional groups attached to an aromatic ring is 1. The number of anilines is 3. The number of carboxylic acids is 1. The van der Waals surface area contributed by atoms with Gasteiger partial charge >= 0.3 is 5.97 Å². The molecule has 4 aromatic rings. The third kappa shape index (κ3) is 3.51. The predicted molar refractivity (Wildman–Crippen MR) is 121 cm³/mol. The minimum Gasteiger partial charge on any atom is -0.508 e. The van der Waals surface area contributed by atoms with Crippen molar-refractivity contribution in [3.63, 3.8) is 0 Å². The van der Waals surface area contributed by atoms with E-state index in [1.54, 1.807) is 35.2 Å². The highest BCUT2D eigenvalue weighted by Crippen LogP contribution is 2.25. The highest BCUT2D eigenvalue weighted by Gasteiger charge is 2.22. The Labute approximate surface area is 183 Å². The number of benzene rings is 2. The third-order valence-electron chi connectivity index (χ3n) is 5.58. The first-order chi connectivity index (χ1) is 15.5. The summed E-state index contributed by atoms with van der Waals surface area (Å²) in [4.78, 5) is 29.0. The van der Waals surface area contributed by atoms with E-state index in [1.165, 1.54) is 12.1 Å². The maximum absolute atomic E-state index is 11.1. The van der Waals surface area contributed by atoms with Gasteiger partial charge in [-0.3, -0.25) is 4.57 Å². The first-order valence-corrected chi connectivity index (χ1v) is 10.1. The molecule has 0 atom stereocenters. The largest absolute Gasteiger partial charge is 0.508 e. The lowest BCUT2D eigenvalue weighted by Crippen LogP contribution is -2.47. The number of phenols is 1. The molecule has 0 saturated carbocycles. The molecule has 3 heterocycles. The van der Waals surface area contributed by atoms with Crippen LogP contribution in [0.2, 0.25) is 0 Å². The van der Waals surface area contributed by atoms with Gasteiger partial charge in [-0.25, -0.2) is 9.78 Å². The van der Waals surface area contributed by atoms with E-state index in [0.717, 1.165) is 24.5 Å². The molecule has 2 aromatic heterocycles. The number of phenolic OH excluding ortho intramolecular Hbond substituents is 1. The van der Waals surface area contributed by atoms with Crippen molar-refractivity contribution < 1.29 is 15.0 Å². The van der Waals surface area contributed by atoms with Crippen molar-refractivity contribution in [3.8, 4) is 11.4 Å². The van der Waals surface area contributed by atoms with Crippen LogP contribution in [-0.2, 0) is 0 Å². The highest BCUT2D eigenvalue weighted by atomic mass is 16.4. The Morgan fingerprint density at radius 1 is 0.875 bits per heavy atom. The van der Waals surface area contributed by atoms with Gasteiger partial charge in [0.2, 0.25) is 5.95 Å². The Morgan fingerprint density at radius 3 is 2.16 bits per heavy atom. The fourth-order valence-electron chi connectivity index (χ4n) is 3.83. The standard InChI is InChI=1S/C22H21N7O3/c23-19-18-20(29(13-24-18)16-3-1-14(2-4-16)21(31)32)26-22(25-19)28-11-9-27(10-12-28)15-5-7-17(30)8-6-15/h1-8,13,30H,9-12H2,(H,31,32)(H2,23,25,26). The van der Waals surface area contributed by atoms with E-state index in [0.29, 0.717) is 36.0 Å². The van der Waals surface area contributed by atoms with Crippen LogP contribution < -0.4 is 15.5 Å². The van der Waals surface area contributed by atoms with Gasteiger partial charge in [0.25, 0.3) is 0 Å². The fraction of sp³-hybridized carbons (Fsp3) is 0.182. The number of piperazine rings is 1. The van der Waals surface area contributed by atoms with Gasteiger partial charge in [0.05, 0.1) is 5.56 Å². The molecule has 4 N–H and O–H groups in total. The van der Waals surface area contributed by atoms with Crippen molar-refractivity contribution in [1.82, 2.24) is 19.5 Å². The molecule has 0 unspecified atom stereocenters. The van der Waals surface area contributed by atoms with Crippen molar-refractivity contribution in [1.29, 1.82) is 0 Å². The van der Waals surface area contributed by atoms with Crippen LogP contribution in [-0.4, -0.2) is 61.9 Å². The topological polar surface area (TPSA) is 134 Å². The van der Waals surface area contributed by atoms with Crippen LogP contribution in [0.5, 0.6) is 5.75 Å². The van der Waals surface area contributed by atoms with Gasteiger partial charge < -0.3 is 25.7 Å². The van der Waals surface area contributed by atoms with Crippen LogP contribution in [0.3, 0.4) is 0 Å². The number of imidazole rings is 1. The van der Waals surface area contributed by atoms with E-state index >= 15 is 0 Å². The van der Waals surface area contributed by atoms with Crippen molar-refractivity contribution in [2.75, 3.05) is 41.7 Å². The minimum atomic E-state index is -0.979. The molecule has 1 aliphatic heterocycles.